The van der Waals surface area contributed by atoms with Crippen molar-refractivity contribution in [1.82, 2.24) is 4.90 Å². The molecule has 1 aliphatic heterocycles. The molecule has 0 saturated carbocycles. The fraction of sp³-hybridized carbons (Fsp3) is 0.440. The highest BCUT2D eigenvalue weighted by Gasteiger charge is 2.28. The molecule has 1 aromatic carbocycles. The van der Waals surface area contributed by atoms with E-state index in [1.165, 1.54) is 23.2 Å². The number of hydrogen-bond donors (Lipinski definition) is 1. The molecule has 0 spiro atoms. The number of amides is 2. The molecule has 0 fully saturated rings. The second-order valence-electron chi connectivity index (χ2n) is 8.10. The van der Waals surface area contributed by atoms with Crippen LogP contribution in [0.5, 0.6) is 5.75 Å². The molecule has 1 aliphatic rings. The quantitative estimate of drug-likeness (QED) is 0.406. The smallest absolute Gasteiger partial charge is 0.410 e. The molecule has 2 aromatic rings. The summed E-state index contributed by atoms with van der Waals surface area (Å²) in [6.45, 7) is 6.41. The number of nitriles is 1. The first kappa shape index (κ1) is 26.0. The van der Waals surface area contributed by atoms with Crippen molar-refractivity contribution in [2.75, 3.05) is 31.7 Å². The largest absolute Gasteiger partial charge is 0.494 e. The van der Waals surface area contributed by atoms with Crippen LogP contribution >= 0.6 is 11.3 Å². The zero-order valence-electron chi connectivity index (χ0n) is 20.1. The van der Waals surface area contributed by atoms with Gasteiger partial charge >= 0.3 is 12.1 Å². The first-order chi connectivity index (χ1) is 16.8. The van der Waals surface area contributed by atoms with Gasteiger partial charge in [-0.25, -0.2) is 4.79 Å². The number of carbonyl (C=O) groups is 3. The second-order valence-corrected chi connectivity index (χ2v) is 9.21. The predicted octanol–water partition coefficient (Wildman–Crippen LogP) is 4.21. The van der Waals surface area contributed by atoms with E-state index in [0.717, 1.165) is 21.8 Å². The van der Waals surface area contributed by atoms with Crippen molar-refractivity contribution in [3.8, 4) is 11.8 Å². The molecule has 1 atom stereocenters. The van der Waals surface area contributed by atoms with E-state index in [4.69, 9.17) is 14.2 Å². The summed E-state index contributed by atoms with van der Waals surface area (Å²) in [6, 6.07) is 9.90. The van der Waals surface area contributed by atoms with Gasteiger partial charge in [-0.3, -0.25) is 9.59 Å². The van der Waals surface area contributed by atoms with Gasteiger partial charge in [0.2, 0.25) is 5.91 Å². The van der Waals surface area contributed by atoms with Crippen molar-refractivity contribution in [1.29, 1.82) is 5.26 Å². The summed E-state index contributed by atoms with van der Waals surface area (Å²) in [5.41, 5.74) is 2.31. The van der Waals surface area contributed by atoms with E-state index < -0.39 is 12.1 Å². The molecule has 0 unspecified atom stereocenters. The number of anilines is 1. The van der Waals surface area contributed by atoms with Crippen molar-refractivity contribution in [2.24, 2.45) is 0 Å². The summed E-state index contributed by atoms with van der Waals surface area (Å²) in [7, 11) is 0. The number of carbonyl (C=O) groups excluding carboxylic acids is 3. The molecule has 2 heterocycles. The summed E-state index contributed by atoms with van der Waals surface area (Å²) in [5.74, 6) is 0.114. The lowest BCUT2D eigenvalue weighted by Crippen LogP contribution is -2.36. The summed E-state index contributed by atoms with van der Waals surface area (Å²) < 4.78 is 15.5. The van der Waals surface area contributed by atoms with Gasteiger partial charge in [0.15, 0.2) is 0 Å². The molecule has 35 heavy (non-hydrogen) atoms. The van der Waals surface area contributed by atoms with Gasteiger partial charge < -0.3 is 24.4 Å². The maximum atomic E-state index is 12.8. The Balaban J connectivity index is 1.61. The number of benzene rings is 1. The van der Waals surface area contributed by atoms with Crippen LogP contribution in [0, 0.1) is 11.3 Å². The fourth-order valence-corrected chi connectivity index (χ4v) is 5.05. The van der Waals surface area contributed by atoms with Crippen LogP contribution in [0.15, 0.2) is 24.3 Å². The average molecular weight is 500 g/mol. The van der Waals surface area contributed by atoms with Gasteiger partial charge in [0.1, 0.15) is 30.0 Å². The van der Waals surface area contributed by atoms with E-state index in [0.29, 0.717) is 30.1 Å². The van der Waals surface area contributed by atoms with Gasteiger partial charge in [-0.2, -0.15) is 5.26 Å². The van der Waals surface area contributed by atoms with Crippen LogP contribution in [-0.2, 0) is 32.0 Å². The van der Waals surface area contributed by atoms with Crippen LogP contribution in [0.2, 0.25) is 0 Å². The highest BCUT2D eigenvalue weighted by molar-refractivity contribution is 7.16. The molecule has 186 valence electrons. The Bertz CT molecular complexity index is 1120. The number of thiophene rings is 1. The normalized spacial score (nSPS) is 13.3. The summed E-state index contributed by atoms with van der Waals surface area (Å²) in [4.78, 5) is 38.3. The minimum atomic E-state index is -0.511. The molecular weight excluding hydrogens is 470 g/mol. The van der Waals surface area contributed by atoms with Crippen molar-refractivity contribution >= 4 is 34.3 Å². The zero-order chi connectivity index (χ0) is 25.4. The van der Waals surface area contributed by atoms with Crippen LogP contribution in [-0.4, -0.2) is 49.2 Å². The molecule has 1 N–H and O–H groups in total. The van der Waals surface area contributed by atoms with Gasteiger partial charge in [-0.15, -0.1) is 11.3 Å². The standard InChI is InChI=1S/C25H29N3O6S/c1-4-32-19-7-5-6-18(13-19)16(2)12-23(30)27-24-21(14-26)20-8-9-28(15-22(20)35-24)25(31)34-11-10-33-17(3)29/h5-7,13,16H,4,8-12,15H2,1-3H3,(H,27,30)/t16-/m0/s1. The van der Waals surface area contributed by atoms with Crippen molar-refractivity contribution in [3.05, 3.63) is 45.8 Å². The molecule has 0 saturated heterocycles. The molecule has 2 amide bonds. The fourth-order valence-electron chi connectivity index (χ4n) is 3.82. The van der Waals surface area contributed by atoms with E-state index in [2.05, 4.69) is 11.4 Å². The molecule has 0 aliphatic carbocycles. The molecule has 0 radical (unpaired) electrons. The Kier molecular flexibility index (Phi) is 9.09. The zero-order valence-corrected chi connectivity index (χ0v) is 20.9. The van der Waals surface area contributed by atoms with E-state index in [-0.39, 0.29) is 38.0 Å². The van der Waals surface area contributed by atoms with Gasteiger partial charge in [0.05, 0.1) is 18.7 Å². The third-order valence-electron chi connectivity index (χ3n) is 5.52. The van der Waals surface area contributed by atoms with E-state index in [1.807, 2.05) is 38.1 Å². The van der Waals surface area contributed by atoms with Crippen LogP contribution in [0.25, 0.3) is 0 Å². The number of hydrogen-bond acceptors (Lipinski definition) is 8. The number of nitrogens with one attached hydrogen (secondary N) is 1. The second kappa shape index (κ2) is 12.2. The Morgan fingerprint density at radius 1 is 1.26 bits per heavy atom. The van der Waals surface area contributed by atoms with Crippen LogP contribution in [0.3, 0.4) is 0 Å². The minimum Gasteiger partial charge on any atom is -0.494 e. The van der Waals surface area contributed by atoms with Crippen LogP contribution < -0.4 is 10.1 Å². The lowest BCUT2D eigenvalue weighted by atomic mass is 9.97. The third kappa shape index (κ3) is 6.96. The van der Waals surface area contributed by atoms with Crippen molar-refractivity contribution < 1.29 is 28.6 Å². The lowest BCUT2D eigenvalue weighted by Gasteiger charge is -2.26. The summed E-state index contributed by atoms with van der Waals surface area (Å²) in [6.07, 6.45) is 0.233. The highest BCUT2D eigenvalue weighted by Crippen LogP contribution is 2.37. The number of fused-ring (bicyclic) bond motifs is 1. The Hall–Kier alpha value is -3.58. The topological polar surface area (TPSA) is 118 Å². The van der Waals surface area contributed by atoms with Crippen molar-refractivity contribution in [3.63, 3.8) is 0 Å². The van der Waals surface area contributed by atoms with Crippen molar-refractivity contribution in [2.45, 2.75) is 46.1 Å². The predicted molar refractivity (Wildman–Crippen MR) is 130 cm³/mol. The molecule has 3 rings (SSSR count). The highest BCUT2D eigenvalue weighted by atomic mass is 32.1. The van der Waals surface area contributed by atoms with E-state index >= 15 is 0 Å². The number of ether oxygens (including phenoxy) is 3. The van der Waals surface area contributed by atoms with E-state index in [9.17, 15) is 19.6 Å². The van der Waals surface area contributed by atoms with Crippen LogP contribution in [0.1, 0.15) is 54.7 Å². The molecular formula is C25H29N3O6S. The Labute approximate surface area is 208 Å². The summed E-state index contributed by atoms with van der Waals surface area (Å²) in [5, 5.41) is 13.1. The summed E-state index contributed by atoms with van der Waals surface area (Å²) >= 11 is 1.31. The first-order valence-corrected chi connectivity index (χ1v) is 12.3. The molecule has 0 bridgehead atoms. The SMILES string of the molecule is CCOc1cccc([C@@H](C)CC(=O)Nc2sc3c(c2C#N)CCN(C(=O)OCCOC(C)=O)C3)c1. The maximum absolute atomic E-state index is 12.8. The van der Waals surface area contributed by atoms with Crippen LogP contribution in [0.4, 0.5) is 9.80 Å². The van der Waals surface area contributed by atoms with E-state index in [1.54, 1.807) is 0 Å². The first-order valence-electron chi connectivity index (χ1n) is 11.4. The van der Waals surface area contributed by atoms with Gasteiger partial charge in [-0.05, 0) is 42.5 Å². The monoisotopic (exact) mass is 499 g/mol. The van der Waals surface area contributed by atoms with Gasteiger partial charge in [0.25, 0.3) is 0 Å². The lowest BCUT2D eigenvalue weighted by molar-refractivity contribution is -0.142. The third-order valence-corrected chi connectivity index (χ3v) is 6.66. The van der Waals surface area contributed by atoms with Gasteiger partial charge in [0, 0.05) is 24.8 Å². The number of esters is 1. The molecule has 10 heteroatoms. The number of rotatable bonds is 9. The Morgan fingerprint density at radius 2 is 2.03 bits per heavy atom. The average Bonchev–Trinajstić information content (AvgIpc) is 3.17. The van der Waals surface area contributed by atoms with Gasteiger partial charge in [-0.1, -0.05) is 19.1 Å². The molecule has 1 aromatic heterocycles. The maximum Gasteiger partial charge on any atom is 0.410 e. The number of nitrogens with zero attached hydrogens (tertiary/aromatic N) is 2. The minimum absolute atomic E-state index is 0.00225. The Morgan fingerprint density at radius 3 is 2.74 bits per heavy atom. The molecule has 9 nitrogen and oxygen atoms in total.